The summed E-state index contributed by atoms with van der Waals surface area (Å²) in [6, 6.07) is 16.3. The number of hydrogen-bond acceptors (Lipinski definition) is 6. The van der Waals surface area contributed by atoms with E-state index >= 15 is 0 Å². The number of ether oxygens (including phenoxy) is 1. The van der Waals surface area contributed by atoms with Gasteiger partial charge in [0.05, 0.1) is 22.8 Å². The van der Waals surface area contributed by atoms with Crippen LogP contribution in [0.15, 0.2) is 71.6 Å². The Kier molecular flexibility index (Phi) is 8.74. The van der Waals surface area contributed by atoms with E-state index in [1.54, 1.807) is 31.2 Å². The van der Waals surface area contributed by atoms with Crippen molar-refractivity contribution in [3.8, 4) is 5.75 Å². The number of aliphatic hydroxyl groups excluding tert-OH is 1. The normalized spacial score (nSPS) is 16.6. The Morgan fingerprint density at radius 1 is 1.10 bits per heavy atom. The number of alkyl halides is 3. The van der Waals surface area contributed by atoms with Gasteiger partial charge in [-0.3, -0.25) is 4.79 Å². The molecule has 3 aromatic carbocycles. The summed E-state index contributed by atoms with van der Waals surface area (Å²) in [5, 5.41) is 9.83. The highest BCUT2D eigenvalue weighted by Gasteiger charge is 2.31. The fourth-order valence-corrected chi connectivity index (χ4v) is 5.82. The van der Waals surface area contributed by atoms with Gasteiger partial charge in [-0.1, -0.05) is 19.1 Å². The van der Waals surface area contributed by atoms with Crippen molar-refractivity contribution >= 4 is 21.4 Å². The van der Waals surface area contributed by atoms with Gasteiger partial charge in [-0.05, 0) is 72.1 Å². The number of carbonyl (C=O) groups is 1. The predicted molar refractivity (Wildman–Crippen MR) is 145 cm³/mol. The number of sulfone groups is 1. The Morgan fingerprint density at radius 3 is 2.35 bits per heavy atom. The van der Waals surface area contributed by atoms with Crippen LogP contribution >= 0.6 is 0 Å². The van der Waals surface area contributed by atoms with Gasteiger partial charge in [0.25, 0.3) is 0 Å². The fourth-order valence-electron chi connectivity index (χ4n) is 4.94. The van der Waals surface area contributed by atoms with Crippen molar-refractivity contribution in [2.75, 3.05) is 30.3 Å². The van der Waals surface area contributed by atoms with Crippen LogP contribution in [0.3, 0.4) is 0 Å². The van der Waals surface area contributed by atoms with Gasteiger partial charge < -0.3 is 20.5 Å². The van der Waals surface area contributed by atoms with Gasteiger partial charge in [0, 0.05) is 36.7 Å². The molecule has 3 aromatic rings. The lowest BCUT2D eigenvalue weighted by atomic mass is 9.85. The molecule has 1 fully saturated rings. The molecule has 0 unspecified atom stereocenters. The van der Waals surface area contributed by atoms with E-state index in [9.17, 15) is 31.5 Å². The largest absolute Gasteiger partial charge is 0.489 e. The van der Waals surface area contributed by atoms with E-state index in [-0.39, 0.29) is 29.8 Å². The maximum absolute atomic E-state index is 12.9. The van der Waals surface area contributed by atoms with Gasteiger partial charge in [-0.25, -0.2) is 8.42 Å². The van der Waals surface area contributed by atoms with Crippen LogP contribution in [-0.4, -0.2) is 51.0 Å². The number of amides is 1. The van der Waals surface area contributed by atoms with Crippen molar-refractivity contribution in [3.05, 3.63) is 89.0 Å². The molecule has 7 nitrogen and oxygen atoms in total. The number of aliphatic hydroxyl groups is 1. The second kappa shape index (κ2) is 11.9. The molecular formula is C29H31F3N2O5S. The monoisotopic (exact) mass is 576 g/mol. The highest BCUT2D eigenvalue weighted by Crippen LogP contribution is 2.35. The maximum Gasteiger partial charge on any atom is 0.416 e. The SMILES string of the molecule is CCS(=O)(=O)c1ccc([C@H](CCO)c2cc(N3CC[C@H](Oc4ccc(C(F)(F)F)cc4)C3)ccc2C(N)=O)cc1. The lowest BCUT2D eigenvalue weighted by Crippen LogP contribution is -2.25. The first kappa shape index (κ1) is 29.4. The number of hydrogen-bond donors (Lipinski definition) is 2. The number of nitrogens with zero attached hydrogens (tertiary/aromatic N) is 1. The first-order valence-electron chi connectivity index (χ1n) is 12.9. The number of anilines is 1. The summed E-state index contributed by atoms with van der Waals surface area (Å²) in [7, 11) is -3.39. The molecular weight excluding hydrogens is 545 g/mol. The topological polar surface area (TPSA) is 110 Å². The summed E-state index contributed by atoms with van der Waals surface area (Å²) in [4.78, 5) is 14.6. The Bertz CT molecular complexity index is 1440. The molecule has 1 heterocycles. The number of carbonyl (C=O) groups excluding carboxylic acids is 1. The molecule has 214 valence electrons. The van der Waals surface area contributed by atoms with Gasteiger partial charge in [-0.2, -0.15) is 13.2 Å². The van der Waals surface area contributed by atoms with E-state index in [1.807, 2.05) is 6.07 Å². The minimum absolute atomic E-state index is 0.0281. The lowest BCUT2D eigenvalue weighted by Gasteiger charge is -2.24. The maximum atomic E-state index is 12.9. The van der Waals surface area contributed by atoms with E-state index in [1.165, 1.54) is 24.3 Å². The molecule has 1 saturated heterocycles. The summed E-state index contributed by atoms with van der Waals surface area (Å²) in [6.45, 7) is 2.49. The van der Waals surface area contributed by atoms with Gasteiger partial charge in [0.2, 0.25) is 5.91 Å². The number of nitrogens with two attached hydrogens (primary N) is 1. The molecule has 1 amide bonds. The fraction of sp³-hybridized carbons (Fsp3) is 0.345. The third kappa shape index (κ3) is 6.59. The molecule has 0 bridgehead atoms. The van der Waals surface area contributed by atoms with Gasteiger partial charge in [0.15, 0.2) is 9.84 Å². The summed E-state index contributed by atoms with van der Waals surface area (Å²) >= 11 is 0. The molecule has 0 aromatic heterocycles. The summed E-state index contributed by atoms with van der Waals surface area (Å²) in [5.74, 6) is -0.729. The zero-order valence-corrected chi connectivity index (χ0v) is 22.7. The Hall–Kier alpha value is -3.57. The molecule has 0 spiro atoms. The number of benzene rings is 3. The third-order valence-electron chi connectivity index (χ3n) is 7.11. The average molecular weight is 577 g/mol. The number of primary amides is 1. The second-order valence-electron chi connectivity index (χ2n) is 9.67. The van der Waals surface area contributed by atoms with Crippen LogP contribution in [0.25, 0.3) is 0 Å². The van der Waals surface area contributed by atoms with Crippen LogP contribution in [0.2, 0.25) is 0 Å². The molecule has 0 radical (unpaired) electrons. The van der Waals surface area contributed by atoms with Crippen LogP contribution in [-0.2, 0) is 16.0 Å². The minimum atomic E-state index is -4.42. The zero-order valence-electron chi connectivity index (χ0n) is 21.9. The smallest absolute Gasteiger partial charge is 0.416 e. The van der Waals surface area contributed by atoms with E-state index in [2.05, 4.69) is 4.90 Å². The third-order valence-corrected chi connectivity index (χ3v) is 8.86. The molecule has 2 atom stereocenters. The van der Waals surface area contributed by atoms with E-state index in [4.69, 9.17) is 10.5 Å². The molecule has 4 rings (SSSR count). The van der Waals surface area contributed by atoms with Crippen LogP contribution < -0.4 is 15.4 Å². The van der Waals surface area contributed by atoms with Crippen molar-refractivity contribution < 1.29 is 36.2 Å². The van der Waals surface area contributed by atoms with Crippen molar-refractivity contribution in [3.63, 3.8) is 0 Å². The molecule has 11 heteroatoms. The molecule has 1 aliphatic rings. The highest BCUT2D eigenvalue weighted by atomic mass is 32.2. The van der Waals surface area contributed by atoms with Gasteiger partial charge in [0.1, 0.15) is 11.9 Å². The Labute approximate surface area is 231 Å². The van der Waals surface area contributed by atoms with Crippen molar-refractivity contribution in [2.45, 2.75) is 42.9 Å². The van der Waals surface area contributed by atoms with Gasteiger partial charge >= 0.3 is 6.18 Å². The van der Waals surface area contributed by atoms with Crippen LogP contribution in [0.5, 0.6) is 5.75 Å². The van der Waals surface area contributed by atoms with Crippen molar-refractivity contribution in [1.82, 2.24) is 0 Å². The molecule has 1 aliphatic heterocycles. The Balaban J connectivity index is 1.58. The minimum Gasteiger partial charge on any atom is -0.489 e. The zero-order chi connectivity index (χ0) is 29.1. The van der Waals surface area contributed by atoms with Crippen molar-refractivity contribution in [1.29, 1.82) is 0 Å². The first-order valence-corrected chi connectivity index (χ1v) is 14.5. The number of halogens is 3. The summed E-state index contributed by atoms with van der Waals surface area (Å²) < 4.78 is 69.0. The van der Waals surface area contributed by atoms with Crippen LogP contribution in [0.1, 0.15) is 52.7 Å². The quantitative estimate of drug-likeness (QED) is 0.360. The Morgan fingerprint density at radius 2 is 1.77 bits per heavy atom. The van der Waals surface area contributed by atoms with E-state index in [0.29, 0.717) is 36.4 Å². The molecule has 40 heavy (non-hydrogen) atoms. The number of rotatable bonds is 10. The molecule has 0 aliphatic carbocycles. The van der Waals surface area contributed by atoms with Crippen LogP contribution in [0.4, 0.5) is 18.9 Å². The molecule has 0 saturated carbocycles. The second-order valence-corrected chi connectivity index (χ2v) is 11.9. The predicted octanol–water partition coefficient (Wildman–Crippen LogP) is 4.77. The van der Waals surface area contributed by atoms with Gasteiger partial charge in [-0.15, -0.1) is 0 Å². The van der Waals surface area contributed by atoms with Crippen molar-refractivity contribution in [2.24, 2.45) is 5.73 Å². The van der Waals surface area contributed by atoms with E-state index in [0.717, 1.165) is 23.4 Å². The average Bonchev–Trinajstić information content (AvgIpc) is 3.39. The lowest BCUT2D eigenvalue weighted by molar-refractivity contribution is -0.137. The van der Waals surface area contributed by atoms with Crippen LogP contribution in [0, 0.1) is 0 Å². The standard InChI is InChI=1S/C29H31F3N2O5S/c1-2-40(37,38)24-10-3-19(4-11-24)25(14-16-35)27-17-21(7-12-26(27)28(33)36)34-15-13-23(18-34)39-22-8-5-20(6-9-22)29(30,31)32/h3-12,17,23,25,35H,2,13-16,18H2,1H3,(H2,33,36)/t23-,25-/m0/s1. The summed E-state index contributed by atoms with van der Waals surface area (Å²) in [6.07, 6.45) is -3.75. The van der Waals surface area contributed by atoms with E-state index < -0.39 is 33.4 Å². The molecule has 3 N–H and O–H groups in total. The highest BCUT2D eigenvalue weighted by molar-refractivity contribution is 7.91. The first-order chi connectivity index (χ1) is 18.9. The summed E-state index contributed by atoms with van der Waals surface area (Å²) in [5.41, 5.74) is 7.38.